The van der Waals surface area contributed by atoms with E-state index in [1.165, 1.54) is 0 Å². The van der Waals surface area contributed by atoms with Crippen molar-refractivity contribution in [1.82, 2.24) is 5.32 Å². The molecule has 4 aliphatic rings. The number of aliphatic hydroxyl groups is 7. The molecular formula is C27H52N6O12. The summed E-state index contributed by atoms with van der Waals surface area (Å²) in [5, 5.41) is 76.2. The topological polar surface area (TPSA) is 338 Å². The van der Waals surface area contributed by atoms with Crippen LogP contribution >= 0.6 is 0 Å². The molecule has 0 amide bonds. The number of aliphatic hydroxyl groups excluding tert-OH is 6. The standard InChI is InChI=1S/C27H52N6O12/c28-2-1-11(35)7-33-8-15-14(36)5-13(30)25(42-15)45-24-12(29)3-10(4-18(37)27(41)6-17(27)31)23(22(24)40)44-26-21(39)19(32)20(38)16(9-34)43-26/h10-17,19-26,33-36,38-41H,1-9,28-32H2/t10-,11?,12-,13+,14-,15+,16+,17?,19-,20+,21+,22+,23-,24+,25+,26+,27?/m0/s1. The first-order chi connectivity index (χ1) is 21.2. The van der Waals surface area contributed by atoms with Gasteiger partial charge in [0.05, 0.1) is 43.1 Å². The van der Waals surface area contributed by atoms with Crippen molar-refractivity contribution < 1.29 is 59.5 Å². The van der Waals surface area contributed by atoms with E-state index in [0.29, 0.717) is 13.0 Å². The first-order valence-corrected chi connectivity index (χ1v) is 15.5. The third-order valence-corrected chi connectivity index (χ3v) is 9.40. The highest BCUT2D eigenvalue weighted by Crippen LogP contribution is 2.41. The molecule has 17 atom stereocenters. The van der Waals surface area contributed by atoms with E-state index in [4.69, 9.17) is 47.6 Å². The summed E-state index contributed by atoms with van der Waals surface area (Å²) in [4.78, 5) is 13.0. The normalized spacial score (nSPS) is 47.8. The summed E-state index contributed by atoms with van der Waals surface area (Å²) in [5.41, 5.74) is 28.2. The highest BCUT2D eigenvalue weighted by atomic mass is 16.7. The van der Waals surface area contributed by atoms with Gasteiger partial charge in [-0.25, -0.2) is 0 Å². The third-order valence-electron chi connectivity index (χ3n) is 9.40. The van der Waals surface area contributed by atoms with E-state index in [1.54, 1.807) is 0 Å². The highest BCUT2D eigenvalue weighted by molar-refractivity contribution is 5.91. The van der Waals surface area contributed by atoms with Gasteiger partial charge in [-0.1, -0.05) is 0 Å². The summed E-state index contributed by atoms with van der Waals surface area (Å²) >= 11 is 0. The fraction of sp³-hybridized carbons (Fsp3) is 0.963. The van der Waals surface area contributed by atoms with Gasteiger partial charge < -0.3 is 88.7 Å². The average molecular weight is 653 g/mol. The fourth-order valence-electron chi connectivity index (χ4n) is 6.37. The van der Waals surface area contributed by atoms with Crippen molar-refractivity contribution in [2.75, 3.05) is 26.2 Å². The van der Waals surface area contributed by atoms with Crippen LogP contribution < -0.4 is 34.0 Å². The summed E-state index contributed by atoms with van der Waals surface area (Å²) < 4.78 is 23.7. The largest absolute Gasteiger partial charge is 0.394 e. The van der Waals surface area contributed by atoms with Crippen molar-refractivity contribution in [2.45, 2.75) is 129 Å². The number of carbonyl (C=O) groups is 1. The lowest BCUT2D eigenvalue weighted by atomic mass is 9.76. The molecule has 2 saturated heterocycles. The lowest BCUT2D eigenvalue weighted by Crippen LogP contribution is -2.66. The Kier molecular flexibility index (Phi) is 12.7. The molecule has 45 heavy (non-hydrogen) atoms. The van der Waals surface area contributed by atoms with E-state index in [0.717, 1.165) is 0 Å². The molecule has 2 heterocycles. The molecule has 4 fully saturated rings. The van der Waals surface area contributed by atoms with E-state index < -0.39 is 116 Å². The number of rotatable bonds is 14. The molecule has 0 bridgehead atoms. The minimum absolute atomic E-state index is 0.0545. The van der Waals surface area contributed by atoms with Gasteiger partial charge in [-0.05, 0) is 31.7 Å². The smallest absolute Gasteiger partial charge is 0.186 e. The van der Waals surface area contributed by atoms with E-state index in [1.807, 2.05) is 0 Å². The van der Waals surface area contributed by atoms with Crippen LogP contribution in [-0.4, -0.2) is 165 Å². The van der Waals surface area contributed by atoms with Crippen molar-refractivity contribution in [3.05, 3.63) is 0 Å². The maximum atomic E-state index is 13.0. The molecule has 2 saturated carbocycles. The Morgan fingerprint density at radius 3 is 2.20 bits per heavy atom. The highest BCUT2D eigenvalue weighted by Gasteiger charge is 2.58. The Morgan fingerprint density at radius 2 is 1.58 bits per heavy atom. The summed E-state index contributed by atoms with van der Waals surface area (Å²) in [6, 6.07) is -3.67. The summed E-state index contributed by atoms with van der Waals surface area (Å²) in [5.74, 6) is -1.36. The fourth-order valence-corrected chi connectivity index (χ4v) is 6.37. The van der Waals surface area contributed by atoms with Crippen LogP contribution in [0.25, 0.3) is 0 Å². The molecule has 3 unspecified atom stereocenters. The Bertz CT molecular complexity index is 973. The Morgan fingerprint density at radius 1 is 0.933 bits per heavy atom. The van der Waals surface area contributed by atoms with Gasteiger partial charge in [-0.15, -0.1) is 0 Å². The summed E-state index contributed by atoms with van der Waals surface area (Å²) in [6.07, 6.45) is -12.8. The molecule has 262 valence electrons. The molecule has 0 aromatic heterocycles. The van der Waals surface area contributed by atoms with Gasteiger partial charge in [0.1, 0.15) is 36.1 Å². The molecule has 0 radical (unpaired) electrons. The van der Waals surface area contributed by atoms with Gasteiger partial charge in [0.25, 0.3) is 0 Å². The van der Waals surface area contributed by atoms with E-state index in [2.05, 4.69) is 5.32 Å². The van der Waals surface area contributed by atoms with Crippen LogP contribution in [0.3, 0.4) is 0 Å². The van der Waals surface area contributed by atoms with E-state index in [-0.39, 0.29) is 38.8 Å². The number of hydrogen-bond acceptors (Lipinski definition) is 18. The van der Waals surface area contributed by atoms with Crippen molar-refractivity contribution >= 4 is 5.78 Å². The molecule has 2 aliphatic heterocycles. The molecule has 18 N–H and O–H groups in total. The van der Waals surface area contributed by atoms with Crippen molar-refractivity contribution in [3.8, 4) is 0 Å². The van der Waals surface area contributed by atoms with Crippen LogP contribution in [0.5, 0.6) is 0 Å². The number of carbonyl (C=O) groups excluding carboxylic acids is 1. The molecule has 18 heteroatoms. The number of nitrogens with one attached hydrogen (secondary N) is 1. The maximum Gasteiger partial charge on any atom is 0.186 e. The Balaban J connectivity index is 1.49. The van der Waals surface area contributed by atoms with Crippen LogP contribution in [0.2, 0.25) is 0 Å². The predicted molar refractivity (Wildman–Crippen MR) is 155 cm³/mol. The lowest BCUT2D eigenvalue weighted by molar-refractivity contribution is -0.320. The first kappa shape index (κ1) is 36.8. The maximum absolute atomic E-state index is 13.0. The summed E-state index contributed by atoms with van der Waals surface area (Å²) in [7, 11) is 0. The zero-order valence-electron chi connectivity index (χ0n) is 25.2. The van der Waals surface area contributed by atoms with Crippen LogP contribution in [0.4, 0.5) is 0 Å². The summed E-state index contributed by atoms with van der Waals surface area (Å²) in [6.45, 7) is 0.0596. The Hall–Kier alpha value is -1.01. The van der Waals surface area contributed by atoms with Gasteiger partial charge in [0.15, 0.2) is 18.4 Å². The second-order valence-electron chi connectivity index (χ2n) is 12.9. The predicted octanol–water partition coefficient (Wildman–Crippen LogP) is -7.25. The monoisotopic (exact) mass is 652 g/mol. The van der Waals surface area contributed by atoms with Gasteiger partial charge >= 0.3 is 0 Å². The average Bonchev–Trinajstić information content (AvgIpc) is 3.61. The van der Waals surface area contributed by atoms with Gasteiger partial charge in [0.2, 0.25) is 0 Å². The number of ketones is 1. The number of Topliss-reactive ketones (excluding diaryl/α,β-unsaturated/α-hetero) is 1. The van der Waals surface area contributed by atoms with Crippen LogP contribution in [0.15, 0.2) is 0 Å². The minimum Gasteiger partial charge on any atom is -0.394 e. The molecule has 4 rings (SSSR count). The van der Waals surface area contributed by atoms with E-state index in [9.17, 15) is 40.5 Å². The van der Waals surface area contributed by atoms with Crippen molar-refractivity contribution in [3.63, 3.8) is 0 Å². The molecule has 0 aromatic carbocycles. The van der Waals surface area contributed by atoms with Crippen LogP contribution in [0, 0.1) is 5.92 Å². The zero-order valence-corrected chi connectivity index (χ0v) is 25.2. The van der Waals surface area contributed by atoms with Crippen LogP contribution in [-0.2, 0) is 23.7 Å². The van der Waals surface area contributed by atoms with Crippen molar-refractivity contribution in [2.24, 2.45) is 34.6 Å². The second kappa shape index (κ2) is 15.5. The quantitative estimate of drug-likeness (QED) is 0.0828. The zero-order chi connectivity index (χ0) is 33.2. The van der Waals surface area contributed by atoms with Gasteiger partial charge in [0, 0.05) is 38.0 Å². The molecule has 18 nitrogen and oxygen atoms in total. The lowest BCUT2D eigenvalue weighted by Gasteiger charge is -2.48. The molecule has 0 aromatic rings. The SMILES string of the molecule is NCCC(O)CNC[C@H]1O[C@H](O[C@H]2[C@H](O)[C@@H](O[C@H]3O[C@H](CO)[C@@H](O)[C@H](N)[C@H]3O)[C@H](CC(=O)C3(O)CC3N)C[C@@H]2N)[C@H](N)C[C@@H]1O. The first-order valence-electron chi connectivity index (χ1n) is 15.5. The van der Waals surface area contributed by atoms with Crippen LogP contribution in [0.1, 0.15) is 32.1 Å². The molecule has 0 spiro atoms. The van der Waals surface area contributed by atoms with Gasteiger partial charge in [-0.2, -0.15) is 0 Å². The third kappa shape index (κ3) is 8.35. The second-order valence-corrected chi connectivity index (χ2v) is 12.9. The van der Waals surface area contributed by atoms with Gasteiger partial charge in [-0.3, -0.25) is 4.79 Å². The number of hydrogen-bond donors (Lipinski definition) is 13. The molecule has 2 aliphatic carbocycles. The van der Waals surface area contributed by atoms with Crippen molar-refractivity contribution in [1.29, 1.82) is 0 Å². The molecular weight excluding hydrogens is 600 g/mol. The Labute approximate surface area is 261 Å². The minimum atomic E-state index is -1.70. The number of nitrogens with two attached hydrogens (primary N) is 5. The van der Waals surface area contributed by atoms with E-state index >= 15 is 0 Å². The number of ether oxygens (including phenoxy) is 4.